The molecule has 1 heterocycles. The first kappa shape index (κ1) is 14.0. The van der Waals surface area contributed by atoms with Crippen molar-refractivity contribution < 1.29 is 9.90 Å². The van der Waals surface area contributed by atoms with Crippen molar-refractivity contribution >= 4 is 5.91 Å². The fourth-order valence-corrected chi connectivity index (χ4v) is 2.39. The molecule has 0 aliphatic carbocycles. The van der Waals surface area contributed by atoms with Crippen LogP contribution in [0, 0.1) is 0 Å². The number of hydrogen-bond donors (Lipinski definition) is 1. The van der Waals surface area contributed by atoms with Crippen LogP contribution >= 0.6 is 0 Å². The summed E-state index contributed by atoms with van der Waals surface area (Å²) < 4.78 is 0. The minimum atomic E-state index is -0.879. The second-order valence-electron chi connectivity index (χ2n) is 5.08. The molecular formula is C15H22N2O2. The fraction of sp³-hybridized carbons (Fsp3) is 0.533. The van der Waals surface area contributed by atoms with Gasteiger partial charge in [-0.25, -0.2) is 0 Å². The Balaban J connectivity index is 1.73. The van der Waals surface area contributed by atoms with Crippen LogP contribution in [0.3, 0.4) is 0 Å². The molecule has 1 fully saturated rings. The largest absolute Gasteiger partial charge is 0.384 e. The maximum absolute atomic E-state index is 11.6. The summed E-state index contributed by atoms with van der Waals surface area (Å²) in [6.07, 6.45) is 0.168. The van der Waals surface area contributed by atoms with E-state index in [1.807, 2.05) is 6.07 Å². The van der Waals surface area contributed by atoms with Gasteiger partial charge < -0.3 is 10.0 Å². The number of rotatable bonds is 4. The van der Waals surface area contributed by atoms with E-state index in [1.54, 1.807) is 4.90 Å². The highest BCUT2D eigenvalue weighted by atomic mass is 16.3. The third-order valence-corrected chi connectivity index (χ3v) is 3.60. The first-order chi connectivity index (χ1) is 9.16. The van der Waals surface area contributed by atoms with Gasteiger partial charge in [-0.15, -0.1) is 0 Å². The van der Waals surface area contributed by atoms with Gasteiger partial charge >= 0.3 is 0 Å². The number of carbonyl (C=O) groups is 1. The van der Waals surface area contributed by atoms with E-state index in [-0.39, 0.29) is 5.91 Å². The maximum Gasteiger partial charge on any atom is 0.251 e. The van der Waals surface area contributed by atoms with Crippen LogP contribution < -0.4 is 0 Å². The topological polar surface area (TPSA) is 43.8 Å². The zero-order valence-electron chi connectivity index (χ0n) is 11.5. The van der Waals surface area contributed by atoms with E-state index in [2.05, 4.69) is 29.2 Å². The van der Waals surface area contributed by atoms with E-state index >= 15 is 0 Å². The Morgan fingerprint density at radius 3 is 2.42 bits per heavy atom. The van der Waals surface area contributed by atoms with Crippen molar-refractivity contribution in [2.45, 2.75) is 19.4 Å². The lowest BCUT2D eigenvalue weighted by Crippen LogP contribution is -2.51. The lowest BCUT2D eigenvalue weighted by Gasteiger charge is -2.35. The van der Waals surface area contributed by atoms with E-state index in [0.29, 0.717) is 0 Å². The summed E-state index contributed by atoms with van der Waals surface area (Å²) >= 11 is 0. The average molecular weight is 262 g/mol. The molecule has 19 heavy (non-hydrogen) atoms. The molecule has 1 amide bonds. The molecule has 0 bridgehead atoms. The van der Waals surface area contributed by atoms with Gasteiger partial charge in [0.05, 0.1) is 0 Å². The normalized spacial score (nSPS) is 18.3. The first-order valence-corrected chi connectivity index (χ1v) is 6.90. The van der Waals surface area contributed by atoms with Crippen LogP contribution in [0.25, 0.3) is 0 Å². The first-order valence-electron chi connectivity index (χ1n) is 6.90. The Kier molecular flexibility index (Phi) is 4.93. The molecule has 4 nitrogen and oxygen atoms in total. The van der Waals surface area contributed by atoms with Crippen molar-refractivity contribution in [2.24, 2.45) is 0 Å². The summed E-state index contributed by atoms with van der Waals surface area (Å²) in [6, 6.07) is 10.5. The Morgan fingerprint density at radius 2 is 1.84 bits per heavy atom. The molecule has 1 saturated heterocycles. The SMILES string of the molecule is CC(O)C(=O)N1CCN(CCc2ccccc2)CC1. The third-order valence-electron chi connectivity index (χ3n) is 3.60. The second-order valence-corrected chi connectivity index (χ2v) is 5.08. The maximum atomic E-state index is 11.6. The summed E-state index contributed by atoms with van der Waals surface area (Å²) in [6.45, 7) is 5.79. The lowest BCUT2D eigenvalue weighted by atomic mass is 10.1. The van der Waals surface area contributed by atoms with Gasteiger partial charge in [0.2, 0.25) is 0 Å². The number of aliphatic hydroxyl groups is 1. The molecule has 1 N–H and O–H groups in total. The average Bonchev–Trinajstić information content (AvgIpc) is 2.46. The molecule has 1 aliphatic rings. The van der Waals surface area contributed by atoms with Crippen molar-refractivity contribution in [1.29, 1.82) is 0 Å². The zero-order chi connectivity index (χ0) is 13.7. The van der Waals surface area contributed by atoms with Gasteiger partial charge in [0.15, 0.2) is 0 Å². The van der Waals surface area contributed by atoms with E-state index in [4.69, 9.17) is 0 Å². The van der Waals surface area contributed by atoms with Crippen LogP contribution in [0.5, 0.6) is 0 Å². The van der Waals surface area contributed by atoms with E-state index < -0.39 is 6.10 Å². The number of amides is 1. The molecule has 104 valence electrons. The summed E-state index contributed by atoms with van der Waals surface area (Å²) in [4.78, 5) is 15.8. The summed E-state index contributed by atoms with van der Waals surface area (Å²) in [5.74, 6) is -0.150. The number of benzene rings is 1. The van der Waals surface area contributed by atoms with Crippen LogP contribution in [0.15, 0.2) is 30.3 Å². The lowest BCUT2D eigenvalue weighted by molar-refractivity contribution is -0.141. The molecule has 0 aromatic heterocycles. The van der Waals surface area contributed by atoms with E-state index in [0.717, 1.165) is 39.1 Å². The van der Waals surface area contributed by atoms with Gasteiger partial charge in [0.25, 0.3) is 5.91 Å². The minimum absolute atomic E-state index is 0.150. The fourth-order valence-electron chi connectivity index (χ4n) is 2.39. The number of piperazine rings is 1. The molecule has 1 atom stereocenters. The predicted octanol–water partition coefficient (Wildman–Crippen LogP) is 0.754. The van der Waals surface area contributed by atoms with Gasteiger partial charge in [0, 0.05) is 32.7 Å². The Bertz CT molecular complexity index is 398. The van der Waals surface area contributed by atoms with Crippen LogP contribution in [-0.4, -0.2) is 59.6 Å². The smallest absolute Gasteiger partial charge is 0.251 e. The highest BCUT2D eigenvalue weighted by Crippen LogP contribution is 2.06. The molecule has 2 rings (SSSR count). The summed E-state index contributed by atoms with van der Waals surface area (Å²) in [5, 5.41) is 9.29. The number of aliphatic hydroxyl groups excluding tert-OH is 1. The van der Waals surface area contributed by atoms with Gasteiger partial charge in [-0.2, -0.15) is 0 Å². The number of carbonyl (C=O) groups excluding carboxylic acids is 1. The molecular weight excluding hydrogens is 240 g/mol. The van der Waals surface area contributed by atoms with Crippen molar-refractivity contribution in [1.82, 2.24) is 9.80 Å². The molecule has 1 aliphatic heterocycles. The Labute approximate surface area is 114 Å². The van der Waals surface area contributed by atoms with Crippen molar-refractivity contribution in [3.8, 4) is 0 Å². The zero-order valence-corrected chi connectivity index (χ0v) is 11.5. The van der Waals surface area contributed by atoms with Crippen LogP contribution in [0.2, 0.25) is 0 Å². The van der Waals surface area contributed by atoms with Crippen LogP contribution in [-0.2, 0) is 11.2 Å². The van der Waals surface area contributed by atoms with Crippen molar-refractivity contribution in [3.63, 3.8) is 0 Å². The minimum Gasteiger partial charge on any atom is -0.384 e. The molecule has 1 unspecified atom stereocenters. The van der Waals surface area contributed by atoms with Crippen LogP contribution in [0.4, 0.5) is 0 Å². The highest BCUT2D eigenvalue weighted by Gasteiger charge is 2.23. The molecule has 1 aromatic rings. The Hall–Kier alpha value is -1.39. The summed E-state index contributed by atoms with van der Waals surface area (Å²) in [7, 11) is 0. The van der Waals surface area contributed by atoms with Crippen LogP contribution in [0.1, 0.15) is 12.5 Å². The third kappa shape index (κ3) is 4.04. The molecule has 0 saturated carbocycles. The standard InChI is InChI=1S/C15H22N2O2/c1-13(18)15(19)17-11-9-16(10-12-17)8-7-14-5-3-2-4-6-14/h2-6,13,18H,7-12H2,1H3. The quantitative estimate of drug-likeness (QED) is 0.871. The van der Waals surface area contributed by atoms with E-state index in [9.17, 15) is 9.90 Å². The molecule has 4 heteroatoms. The highest BCUT2D eigenvalue weighted by molar-refractivity contribution is 5.80. The number of nitrogens with zero attached hydrogens (tertiary/aromatic N) is 2. The van der Waals surface area contributed by atoms with E-state index in [1.165, 1.54) is 12.5 Å². The number of hydrogen-bond acceptors (Lipinski definition) is 3. The van der Waals surface area contributed by atoms with Gasteiger partial charge in [-0.1, -0.05) is 30.3 Å². The Morgan fingerprint density at radius 1 is 1.21 bits per heavy atom. The molecule has 0 radical (unpaired) electrons. The van der Waals surface area contributed by atoms with Gasteiger partial charge in [0.1, 0.15) is 6.10 Å². The second kappa shape index (κ2) is 6.68. The van der Waals surface area contributed by atoms with Gasteiger partial charge in [-0.3, -0.25) is 9.69 Å². The van der Waals surface area contributed by atoms with Gasteiger partial charge in [-0.05, 0) is 18.9 Å². The molecule has 0 spiro atoms. The molecule has 1 aromatic carbocycles. The summed E-state index contributed by atoms with van der Waals surface area (Å²) in [5.41, 5.74) is 1.35. The monoisotopic (exact) mass is 262 g/mol. The predicted molar refractivity (Wildman–Crippen MR) is 74.8 cm³/mol. The van der Waals surface area contributed by atoms with Crippen molar-refractivity contribution in [2.75, 3.05) is 32.7 Å². The van der Waals surface area contributed by atoms with Crippen molar-refractivity contribution in [3.05, 3.63) is 35.9 Å².